The number of nitrogens with zero attached hydrogens (tertiary/aromatic N) is 2. The predicted molar refractivity (Wildman–Crippen MR) is 56.6 cm³/mol. The lowest BCUT2D eigenvalue weighted by molar-refractivity contribution is 0.0780. The Hall–Kier alpha value is -0.870. The van der Waals surface area contributed by atoms with Crippen LogP contribution < -0.4 is 0 Å². The van der Waals surface area contributed by atoms with Gasteiger partial charge in [0.1, 0.15) is 12.1 Å². The molecule has 0 aliphatic carbocycles. The second-order valence-electron chi connectivity index (χ2n) is 4.02. The molecule has 1 aromatic heterocycles. The highest BCUT2D eigenvalue weighted by Gasteiger charge is 2.18. The van der Waals surface area contributed by atoms with E-state index in [0.29, 0.717) is 0 Å². The van der Waals surface area contributed by atoms with E-state index in [1.165, 1.54) is 0 Å². The number of aryl methyl sites for hydroxylation is 2. The number of ether oxygens (including phenoxy) is 1. The Morgan fingerprint density at radius 3 is 3.27 bits per heavy atom. The Labute approximate surface area is 89.9 Å². The van der Waals surface area contributed by atoms with Gasteiger partial charge in [-0.05, 0) is 25.7 Å². The van der Waals surface area contributed by atoms with Crippen molar-refractivity contribution in [1.82, 2.24) is 9.55 Å². The van der Waals surface area contributed by atoms with Gasteiger partial charge in [0.05, 0.1) is 5.69 Å². The first-order valence-corrected chi connectivity index (χ1v) is 5.55. The number of imidazole rings is 1. The second-order valence-corrected chi connectivity index (χ2v) is 4.02. The summed E-state index contributed by atoms with van der Waals surface area (Å²) in [5, 5.41) is 9.74. The van der Waals surface area contributed by atoms with E-state index in [2.05, 4.69) is 4.98 Å². The summed E-state index contributed by atoms with van der Waals surface area (Å²) in [6.07, 6.45) is 6.41. The largest absolute Gasteiger partial charge is 0.385 e. The van der Waals surface area contributed by atoms with Gasteiger partial charge < -0.3 is 14.4 Å². The van der Waals surface area contributed by atoms with Crippen LogP contribution in [0.5, 0.6) is 0 Å². The molecule has 1 aromatic rings. The van der Waals surface area contributed by atoms with Crippen LogP contribution in [0.15, 0.2) is 6.20 Å². The smallest absolute Gasteiger partial charge is 0.131 e. The highest BCUT2D eigenvalue weighted by Crippen LogP contribution is 2.22. The molecule has 0 aromatic carbocycles. The van der Waals surface area contributed by atoms with Gasteiger partial charge >= 0.3 is 0 Å². The van der Waals surface area contributed by atoms with Crippen LogP contribution in [0.3, 0.4) is 0 Å². The van der Waals surface area contributed by atoms with Crippen LogP contribution >= 0.6 is 0 Å². The fraction of sp³-hybridized carbons (Fsp3) is 0.727. The van der Waals surface area contributed by atoms with Gasteiger partial charge in [-0.2, -0.15) is 0 Å². The summed E-state index contributed by atoms with van der Waals surface area (Å²) in [4.78, 5) is 4.52. The van der Waals surface area contributed by atoms with Gasteiger partial charge in [-0.1, -0.05) is 0 Å². The molecule has 0 saturated heterocycles. The monoisotopic (exact) mass is 210 g/mol. The first-order chi connectivity index (χ1) is 7.31. The number of fused-ring (bicyclic) bond motifs is 1. The fourth-order valence-electron chi connectivity index (χ4n) is 2.03. The Kier molecular flexibility index (Phi) is 3.38. The van der Waals surface area contributed by atoms with Gasteiger partial charge in [-0.15, -0.1) is 0 Å². The summed E-state index contributed by atoms with van der Waals surface area (Å²) >= 11 is 0. The number of aliphatic hydroxyl groups excluding tert-OH is 1. The quantitative estimate of drug-likeness (QED) is 0.762. The van der Waals surface area contributed by atoms with Gasteiger partial charge in [-0.3, -0.25) is 0 Å². The zero-order valence-corrected chi connectivity index (χ0v) is 9.15. The first kappa shape index (κ1) is 10.6. The topological polar surface area (TPSA) is 47.3 Å². The minimum Gasteiger partial charge on any atom is -0.385 e. The molecular formula is C11H18N2O2. The van der Waals surface area contributed by atoms with Crippen molar-refractivity contribution in [1.29, 1.82) is 0 Å². The van der Waals surface area contributed by atoms with Crippen LogP contribution in [0.25, 0.3) is 0 Å². The van der Waals surface area contributed by atoms with E-state index in [0.717, 1.165) is 50.2 Å². The summed E-state index contributed by atoms with van der Waals surface area (Å²) in [5.74, 6) is 1.03. The summed E-state index contributed by atoms with van der Waals surface area (Å²) in [7, 11) is 1.71. The van der Waals surface area contributed by atoms with E-state index in [1.807, 2.05) is 10.8 Å². The molecule has 0 amide bonds. The van der Waals surface area contributed by atoms with E-state index < -0.39 is 0 Å². The number of hydrogen-bond donors (Lipinski definition) is 1. The lowest BCUT2D eigenvalue weighted by Crippen LogP contribution is -2.16. The van der Waals surface area contributed by atoms with Crippen LogP contribution in [0.2, 0.25) is 0 Å². The van der Waals surface area contributed by atoms with Crippen LogP contribution in [-0.4, -0.2) is 28.4 Å². The van der Waals surface area contributed by atoms with Gasteiger partial charge in [0.2, 0.25) is 0 Å². The van der Waals surface area contributed by atoms with Crippen molar-refractivity contribution in [3.8, 4) is 0 Å². The standard InChI is InChI=1S/C11H18N2O2/c1-15-7-3-4-9-8-13-10(12-9)5-2-6-11(13)14/h8,11,14H,2-7H2,1H3. The molecule has 0 bridgehead atoms. The van der Waals surface area contributed by atoms with Crippen LogP contribution in [0.1, 0.15) is 37.0 Å². The van der Waals surface area contributed by atoms with Crippen LogP contribution in [0.4, 0.5) is 0 Å². The summed E-state index contributed by atoms with van der Waals surface area (Å²) in [6, 6.07) is 0. The second kappa shape index (κ2) is 4.77. The van der Waals surface area contributed by atoms with Crippen LogP contribution in [-0.2, 0) is 17.6 Å². The lowest BCUT2D eigenvalue weighted by Gasteiger charge is -2.19. The molecule has 84 valence electrons. The van der Waals surface area contributed by atoms with Crippen molar-refractivity contribution in [3.63, 3.8) is 0 Å². The predicted octanol–water partition coefficient (Wildman–Crippen LogP) is 1.29. The van der Waals surface area contributed by atoms with Crippen molar-refractivity contribution in [2.75, 3.05) is 13.7 Å². The van der Waals surface area contributed by atoms with E-state index in [4.69, 9.17) is 4.74 Å². The lowest BCUT2D eigenvalue weighted by atomic mass is 10.1. The van der Waals surface area contributed by atoms with E-state index in [9.17, 15) is 5.11 Å². The van der Waals surface area contributed by atoms with Gasteiger partial charge in [0, 0.05) is 26.3 Å². The highest BCUT2D eigenvalue weighted by molar-refractivity contribution is 5.07. The van der Waals surface area contributed by atoms with E-state index in [1.54, 1.807) is 7.11 Å². The molecule has 15 heavy (non-hydrogen) atoms. The number of rotatable bonds is 4. The molecule has 2 rings (SSSR count). The van der Waals surface area contributed by atoms with Gasteiger partial charge in [-0.25, -0.2) is 4.98 Å². The molecule has 0 radical (unpaired) electrons. The zero-order valence-electron chi connectivity index (χ0n) is 9.15. The molecule has 1 atom stereocenters. The molecule has 2 heterocycles. The summed E-state index contributed by atoms with van der Waals surface area (Å²) in [6.45, 7) is 0.769. The molecule has 4 nitrogen and oxygen atoms in total. The molecule has 1 aliphatic heterocycles. The number of aromatic nitrogens is 2. The summed E-state index contributed by atoms with van der Waals surface area (Å²) < 4.78 is 6.91. The normalized spacial score (nSPS) is 20.3. The van der Waals surface area contributed by atoms with Gasteiger partial charge in [0.25, 0.3) is 0 Å². The molecule has 1 unspecified atom stereocenters. The number of hydrogen-bond acceptors (Lipinski definition) is 3. The molecule has 4 heteroatoms. The SMILES string of the molecule is COCCCc1cn2c(n1)CCCC2O. The van der Waals surface area contributed by atoms with E-state index >= 15 is 0 Å². The van der Waals surface area contributed by atoms with Crippen molar-refractivity contribution in [3.05, 3.63) is 17.7 Å². The Morgan fingerprint density at radius 2 is 2.53 bits per heavy atom. The highest BCUT2D eigenvalue weighted by atomic mass is 16.5. The van der Waals surface area contributed by atoms with Gasteiger partial charge in [0.15, 0.2) is 0 Å². The Balaban J connectivity index is 2.01. The number of methoxy groups -OCH3 is 1. The third kappa shape index (κ3) is 2.38. The minimum absolute atomic E-state index is 0.363. The Morgan fingerprint density at radius 1 is 1.67 bits per heavy atom. The molecule has 0 spiro atoms. The molecule has 0 saturated carbocycles. The van der Waals surface area contributed by atoms with Crippen molar-refractivity contribution in [2.45, 2.75) is 38.3 Å². The average Bonchev–Trinajstić information content (AvgIpc) is 2.63. The molecular weight excluding hydrogens is 192 g/mol. The molecule has 1 N–H and O–H groups in total. The van der Waals surface area contributed by atoms with Crippen molar-refractivity contribution < 1.29 is 9.84 Å². The van der Waals surface area contributed by atoms with Crippen molar-refractivity contribution in [2.24, 2.45) is 0 Å². The fourth-order valence-corrected chi connectivity index (χ4v) is 2.03. The average molecular weight is 210 g/mol. The first-order valence-electron chi connectivity index (χ1n) is 5.55. The molecule has 1 aliphatic rings. The maximum atomic E-state index is 9.74. The zero-order chi connectivity index (χ0) is 10.7. The van der Waals surface area contributed by atoms with Crippen molar-refractivity contribution >= 4 is 0 Å². The Bertz CT molecular complexity index is 322. The maximum Gasteiger partial charge on any atom is 0.131 e. The maximum absolute atomic E-state index is 9.74. The minimum atomic E-state index is -0.363. The third-order valence-electron chi connectivity index (χ3n) is 2.82. The number of aliphatic hydroxyl groups is 1. The summed E-state index contributed by atoms with van der Waals surface area (Å²) in [5.41, 5.74) is 1.07. The van der Waals surface area contributed by atoms with E-state index in [-0.39, 0.29) is 6.23 Å². The van der Waals surface area contributed by atoms with Crippen LogP contribution in [0, 0.1) is 0 Å². The third-order valence-corrected chi connectivity index (χ3v) is 2.82. The molecule has 0 fully saturated rings.